The van der Waals surface area contributed by atoms with Crippen LogP contribution in [0.25, 0.3) is 11.2 Å². The molecule has 4 rings (SSSR count). The Bertz CT molecular complexity index is 1490. The summed E-state index contributed by atoms with van der Waals surface area (Å²) in [6.07, 6.45) is -2.96. The third kappa shape index (κ3) is 5.38. The van der Waals surface area contributed by atoms with Crippen molar-refractivity contribution < 1.29 is 22.7 Å². The zero-order chi connectivity index (χ0) is 25.0. The first-order valence-electron chi connectivity index (χ1n) is 10.0. The molecule has 0 bridgehead atoms. The summed E-state index contributed by atoms with van der Waals surface area (Å²) in [6, 6.07) is 14.8. The lowest BCUT2D eigenvalue weighted by Crippen LogP contribution is -2.32. The van der Waals surface area contributed by atoms with E-state index in [0.717, 1.165) is 0 Å². The van der Waals surface area contributed by atoms with Crippen LogP contribution < -0.4 is 21.5 Å². The van der Waals surface area contributed by atoms with Gasteiger partial charge in [0, 0.05) is 30.2 Å². The summed E-state index contributed by atoms with van der Waals surface area (Å²) < 4.78 is 46.9. The summed E-state index contributed by atoms with van der Waals surface area (Å²) in [6.45, 7) is 0. The number of fused-ring (bicyclic) bond motifs is 1. The Hall–Kier alpha value is -4.87. The van der Waals surface area contributed by atoms with Crippen molar-refractivity contribution in [1.82, 2.24) is 15.0 Å². The van der Waals surface area contributed by atoms with Crippen LogP contribution in [0.4, 0.5) is 24.5 Å². The Morgan fingerprint density at radius 1 is 1.09 bits per heavy atom. The van der Waals surface area contributed by atoms with Gasteiger partial charge in [-0.25, -0.2) is 14.8 Å². The lowest BCUT2D eigenvalue weighted by Gasteiger charge is -2.15. The van der Waals surface area contributed by atoms with Crippen molar-refractivity contribution in [1.29, 1.82) is 0 Å². The highest BCUT2D eigenvalue weighted by Crippen LogP contribution is 2.29. The van der Waals surface area contributed by atoms with E-state index >= 15 is 0 Å². The van der Waals surface area contributed by atoms with Crippen molar-refractivity contribution >= 4 is 34.2 Å². The van der Waals surface area contributed by atoms with Crippen molar-refractivity contribution in [3.63, 3.8) is 0 Å². The number of carbonyl (C=O) groups is 1. The SMILES string of the molecule is NC=C(C(=O)Nc1cccc(Oc2ccnc3[nH]c(=O)[nH]c23)c1)C(=Nc1ccccc1)C(F)(F)F. The van der Waals surface area contributed by atoms with Crippen molar-refractivity contribution in [3.8, 4) is 11.5 Å². The number of alkyl halides is 3. The molecule has 5 N–H and O–H groups in total. The molecular weight excluding hydrogens is 465 g/mol. The largest absolute Gasteiger partial charge is 0.455 e. The highest BCUT2D eigenvalue weighted by Gasteiger charge is 2.40. The zero-order valence-corrected chi connectivity index (χ0v) is 17.8. The minimum atomic E-state index is -4.94. The van der Waals surface area contributed by atoms with Crippen molar-refractivity contribution in [2.45, 2.75) is 6.18 Å². The Balaban J connectivity index is 1.58. The van der Waals surface area contributed by atoms with Gasteiger partial charge in [0.05, 0.1) is 11.3 Å². The Labute approximate surface area is 195 Å². The molecule has 4 aromatic rings. The van der Waals surface area contributed by atoms with Crippen molar-refractivity contribution in [3.05, 3.63) is 89.1 Å². The number of benzene rings is 2. The molecule has 0 unspecified atom stereocenters. The standard InChI is InChI=1S/C23H17F3N6O3/c24-23(25,26)19(29-13-5-2-1-3-6-13)16(12-27)21(33)30-14-7-4-8-15(11-14)35-17-9-10-28-20-18(17)31-22(34)32-20/h1-12H,27H2,(H,30,33)(H2,28,31,32,34). The van der Waals surface area contributed by atoms with E-state index in [1.54, 1.807) is 12.1 Å². The maximum Gasteiger partial charge on any atom is 0.434 e. The molecule has 0 saturated carbocycles. The number of aromatic nitrogens is 3. The number of aromatic amines is 2. The first kappa shape index (κ1) is 23.3. The first-order chi connectivity index (χ1) is 16.7. The van der Waals surface area contributed by atoms with E-state index in [4.69, 9.17) is 10.5 Å². The van der Waals surface area contributed by atoms with Crippen LogP contribution in [0.1, 0.15) is 0 Å². The fourth-order valence-corrected chi connectivity index (χ4v) is 3.13. The van der Waals surface area contributed by atoms with Gasteiger partial charge < -0.3 is 20.8 Å². The molecule has 12 heteroatoms. The molecule has 35 heavy (non-hydrogen) atoms. The van der Waals surface area contributed by atoms with E-state index in [-0.39, 0.29) is 28.5 Å². The maximum absolute atomic E-state index is 13.7. The van der Waals surface area contributed by atoms with Gasteiger partial charge in [-0.1, -0.05) is 24.3 Å². The number of aliphatic imine (C=N–C) groups is 1. The second-order valence-electron chi connectivity index (χ2n) is 7.07. The molecule has 0 fully saturated rings. The molecule has 9 nitrogen and oxygen atoms in total. The third-order valence-corrected chi connectivity index (χ3v) is 4.63. The minimum absolute atomic E-state index is 0.00818. The number of H-pyrrole nitrogens is 2. The number of imidazole rings is 1. The number of amides is 1. The van der Waals surface area contributed by atoms with Gasteiger partial charge in [0.15, 0.2) is 17.1 Å². The van der Waals surface area contributed by atoms with Crippen LogP contribution in [-0.4, -0.2) is 32.7 Å². The van der Waals surface area contributed by atoms with E-state index in [2.05, 4.69) is 25.3 Å². The summed E-state index contributed by atoms with van der Waals surface area (Å²) in [5.41, 5.74) is 3.40. The van der Waals surface area contributed by atoms with Gasteiger partial charge in [0.1, 0.15) is 11.3 Å². The molecular formula is C23H17F3N6O3. The average Bonchev–Trinajstić information content (AvgIpc) is 3.20. The topological polar surface area (TPSA) is 138 Å². The van der Waals surface area contributed by atoms with Crippen LogP contribution in [0.15, 0.2) is 88.4 Å². The highest BCUT2D eigenvalue weighted by atomic mass is 19.4. The number of anilines is 1. The van der Waals surface area contributed by atoms with Gasteiger partial charge in [-0.3, -0.25) is 9.78 Å². The van der Waals surface area contributed by atoms with Gasteiger partial charge in [-0.2, -0.15) is 13.2 Å². The van der Waals surface area contributed by atoms with E-state index in [0.29, 0.717) is 11.7 Å². The van der Waals surface area contributed by atoms with Crippen LogP contribution in [-0.2, 0) is 4.79 Å². The lowest BCUT2D eigenvalue weighted by atomic mass is 10.1. The number of pyridine rings is 1. The van der Waals surface area contributed by atoms with Crippen LogP contribution in [0.5, 0.6) is 11.5 Å². The lowest BCUT2D eigenvalue weighted by molar-refractivity contribution is -0.113. The molecule has 0 spiro atoms. The third-order valence-electron chi connectivity index (χ3n) is 4.63. The predicted octanol–water partition coefficient (Wildman–Crippen LogP) is 4.16. The molecule has 0 atom stereocenters. The first-order valence-corrected chi connectivity index (χ1v) is 10.0. The second kappa shape index (κ2) is 9.55. The van der Waals surface area contributed by atoms with Crippen LogP contribution in [0.3, 0.4) is 0 Å². The summed E-state index contributed by atoms with van der Waals surface area (Å²) >= 11 is 0. The monoisotopic (exact) mass is 482 g/mol. The van der Waals surface area contributed by atoms with E-state index in [1.807, 2.05) is 0 Å². The second-order valence-corrected chi connectivity index (χ2v) is 7.07. The highest BCUT2D eigenvalue weighted by molar-refractivity contribution is 6.27. The number of nitrogens with one attached hydrogen (secondary N) is 3. The Morgan fingerprint density at radius 3 is 2.57 bits per heavy atom. The van der Waals surface area contributed by atoms with E-state index < -0.39 is 29.1 Å². The smallest absolute Gasteiger partial charge is 0.434 e. The van der Waals surface area contributed by atoms with Crippen LogP contribution in [0.2, 0.25) is 0 Å². The summed E-state index contributed by atoms with van der Waals surface area (Å²) in [5.74, 6) is -0.601. The van der Waals surface area contributed by atoms with Gasteiger partial charge in [0.25, 0.3) is 5.91 Å². The van der Waals surface area contributed by atoms with Gasteiger partial charge in [-0.05, 0) is 24.3 Å². The molecule has 2 aromatic heterocycles. The number of nitrogens with two attached hydrogens (primary N) is 1. The summed E-state index contributed by atoms with van der Waals surface area (Å²) in [4.78, 5) is 36.9. The fraction of sp³-hybridized carbons (Fsp3) is 0.0435. The Kier molecular flexibility index (Phi) is 6.36. The zero-order valence-electron chi connectivity index (χ0n) is 17.8. The van der Waals surface area contributed by atoms with Crippen molar-refractivity contribution in [2.75, 3.05) is 5.32 Å². The number of rotatable bonds is 6. The molecule has 0 aliphatic heterocycles. The molecule has 2 aromatic carbocycles. The molecule has 0 aliphatic rings. The average molecular weight is 482 g/mol. The van der Waals surface area contributed by atoms with Crippen LogP contribution in [0, 0.1) is 0 Å². The molecule has 0 radical (unpaired) electrons. The number of nitrogens with zero attached hydrogens (tertiary/aromatic N) is 2. The fourth-order valence-electron chi connectivity index (χ4n) is 3.13. The number of carbonyl (C=O) groups excluding carboxylic acids is 1. The number of halogens is 3. The summed E-state index contributed by atoms with van der Waals surface area (Å²) in [7, 11) is 0. The number of hydrogen-bond donors (Lipinski definition) is 4. The van der Waals surface area contributed by atoms with Crippen LogP contribution >= 0.6 is 0 Å². The number of para-hydroxylation sites is 1. The van der Waals surface area contributed by atoms with Gasteiger partial charge >= 0.3 is 11.9 Å². The quantitative estimate of drug-likeness (QED) is 0.242. The molecule has 0 saturated heterocycles. The molecule has 2 heterocycles. The molecule has 0 aliphatic carbocycles. The molecule has 178 valence electrons. The molecule has 1 amide bonds. The maximum atomic E-state index is 13.7. The van der Waals surface area contributed by atoms with Gasteiger partial charge in [0.2, 0.25) is 0 Å². The predicted molar refractivity (Wildman–Crippen MR) is 124 cm³/mol. The van der Waals surface area contributed by atoms with E-state index in [9.17, 15) is 22.8 Å². The summed E-state index contributed by atoms with van der Waals surface area (Å²) in [5, 5.41) is 2.37. The minimum Gasteiger partial charge on any atom is -0.455 e. The number of hydrogen-bond acceptors (Lipinski definition) is 6. The Morgan fingerprint density at radius 2 is 1.86 bits per heavy atom. The normalized spacial score (nSPS) is 12.5. The van der Waals surface area contributed by atoms with Gasteiger partial charge in [-0.15, -0.1) is 0 Å². The van der Waals surface area contributed by atoms with Crippen molar-refractivity contribution in [2.24, 2.45) is 10.7 Å². The number of ether oxygens (including phenoxy) is 1. The van der Waals surface area contributed by atoms with E-state index in [1.165, 1.54) is 54.7 Å².